The zero-order valence-electron chi connectivity index (χ0n) is 24.9. The molecule has 214 valence electrons. The smallest absolute Gasteiger partial charge is 0.251 e. The molecule has 0 radical (unpaired) electrons. The Morgan fingerprint density at radius 3 is 2.30 bits per heavy atom. The molecule has 2 aromatic carbocycles. The Hall–Kier alpha value is -3.34. The first-order valence-corrected chi connectivity index (χ1v) is 15.0. The van der Waals surface area contributed by atoms with Gasteiger partial charge in [-0.15, -0.1) is 0 Å². The van der Waals surface area contributed by atoms with Gasteiger partial charge < -0.3 is 15.3 Å². The van der Waals surface area contributed by atoms with Gasteiger partial charge in [0.25, 0.3) is 5.91 Å². The maximum absolute atomic E-state index is 13.2. The van der Waals surface area contributed by atoms with Crippen molar-refractivity contribution in [1.82, 2.24) is 5.32 Å². The number of nitrogens with zero attached hydrogens (tertiary/aromatic N) is 1. The van der Waals surface area contributed by atoms with Crippen molar-refractivity contribution < 1.29 is 14.3 Å². The maximum Gasteiger partial charge on any atom is 0.251 e. The molecule has 0 unspecified atom stereocenters. The van der Waals surface area contributed by atoms with E-state index in [1.54, 1.807) is 6.08 Å². The van der Waals surface area contributed by atoms with Crippen molar-refractivity contribution in [3.05, 3.63) is 77.0 Å². The van der Waals surface area contributed by atoms with E-state index in [0.29, 0.717) is 17.9 Å². The lowest BCUT2D eigenvalue weighted by Gasteiger charge is -2.36. The highest BCUT2D eigenvalue weighted by molar-refractivity contribution is 6.28. The third kappa shape index (κ3) is 7.24. The van der Waals surface area contributed by atoms with Crippen molar-refractivity contribution in [3.8, 4) is 5.75 Å². The van der Waals surface area contributed by atoms with Gasteiger partial charge in [-0.05, 0) is 68.4 Å². The lowest BCUT2D eigenvalue weighted by Crippen LogP contribution is -2.36. The number of allylic oxidation sites excluding steroid dienone is 2. The summed E-state index contributed by atoms with van der Waals surface area (Å²) in [5.74, 6) is 0.766. The van der Waals surface area contributed by atoms with Crippen LogP contribution in [0.3, 0.4) is 0 Å². The largest absolute Gasteiger partial charge is 0.618 e. The molecule has 40 heavy (non-hydrogen) atoms. The number of hydrogen-bond acceptors (Lipinski definition) is 3. The molecular formula is C35H46N2O3. The number of hydrogen-bond donors (Lipinski definition) is 1. The molecule has 0 aromatic heterocycles. The van der Waals surface area contributed by atoms with Crippen molar-refractivity contribution in [2.24, 2.45) is 10.8 Å². The lowest BCUT2D eigenvalue weighted by molar-refractivity contribution is -0.361. The molecule has 1 heterocycles. The quantitative estimate of drug-likeness (QED) is 0.147. The van der Waals surface area contributed by atoms with Crippen LogP contribution in [-0.4, -0.2) is 29.5 Å². The normalized spacial score (nSPS) is 16.6. The van der Waals surface area contributed by atoms with Crippen LogP contribution >= 0.6 is 0 Å². The molecule has 5 heteroatoms. The summed E-state index contributed by atoms with van der Waals surface area (Å²) < 4.78 is 7.17. The summed E-state index contributed by atoms with van der Waals surface area (Å²) in [4.78, 5) is 12.2. The molecule has 2 aromatic rings. The Morgan fingerprint density at radius 2 is 1.62 bits per heavy atom. The summed E-state index contributed by atoms with van der Waals surface area (Å²) in [6.45, 7) is 14.0. The number of ether oxygens (including phenoxy) is 1. The van der Waals surface area contributed by atoms with Gasteiger partial charge in [0.05, 0.1) is 29.2 Å². The van der Waals surface area contributed by atoms with E-state index in [4.69, 9.17) is 4.74 Å². The van der Waals surface area contributed by atoms with Gasteiger partial charge in [0, 0.05) is 12.1 Å². The van der Waals surface area contributed by atoms with Crippen molar-refractivity contribution in [2.75, 3.05) is 13.2 Å². The van der Waals surface area contributed by atoms with Crippen LogP contribution < -0.4 is 10.1 Å². The number of carbonyl (C=O) groups excluding carboxylic acids is 1. The molecule has 1 aliphatic heterocycles. The predicted octanol–water partition coefficient (Wildman–Crippen LogP) is 8.70. The van der Waals surface area contributed by atoms with Crippen LogP contribution in [0.1, 0.15) is 107 Å². The van der Waals surface area contributed by atoms with Gasteiger partial charge in [0.1, 0.15) is 5.75 Å². The van der Waals surface area contributed by atoms with Gasteiger partial charge in [-0.25, -0.2) is 0 Å². The first-order valence-electron chi connectivity index (χ1n) is 15.0. The number of unbranched alkanes of at least 4 members (excludes halogenated alkanes) is 7. The molecule has 1 amide bonds. The second-order valence-electron chi connectivity index (χ2n) is 12.7. The number of fused-ring (bicyclic) bond motifs is 3. The Morgan fingerprint density at radius 1 is 0.975 bits per heavy atom. The number of carbonyl (C=O) groups is 1. The minimum Gasteiger partial charge on any atom is -0.618 e. The molecule has 0 saturated heterocycles. The van der Waals surface area contributed by atoms with Crippen molar-refractivity contribution >= 4 is 29.0 Å². The first-order chi connectivity index (χ1) is 19.1. The molecule has 0 atom stereocenters. The third-order valence-corrected chi connectivity index (χ3v) is 8.04. The van der Waals surface area contributed by atoms with E-state index in [1.807, 2.05) is 36.4 Å². The van der Waals surface area contributed by atoms with E-state index in [-0.39, 0.29) is 16.7 Å². The average molecular weight is 543 g/mol. The van der Waals surface area contributed by atoms with E-state index >= 15 is 0 Å². The molecule has 2 aliphatic rings. The van der Waals surface area contributed by atoms with E-state index < -0.39 is 0 Å². The van der Waals surface area contributed by atoms with E-state index in [2.05, 4.69) is 51.7 Å². The van der Waals surface area contributed by atoms with Crippen molar-refractivity contribution in [1.29, 1.82) is 0 Å². The van der Waals surface area contributed by atoms with Crippen molar-refractivity contribution in [3.63, 3.8) is 0 Å². The number of benzene rings is 2. The third-order valence-electron chi connectivity index (χ3n) is 8.04. The van der Waals surface area contributed by atoms with E-state index in [9.17, 15) is 10.0 Å². The maximum atomic E-state index is 13.2. The van der Waals surface area contributed by atoms with E-state index in [0.717, 1.165) is 71.5 Å². The molecule has 4 rings (SSSR count). The number of rotatable bonds is 14. The zero-order chi connectivity index (χ0) is 28.8. The SMILES string of the molecule is C=Cc1ccc(C(=O)NCCCCCCCCCCOc2ccc3c(c2)[N+]([O-])=C2C3=CC(C)(C)CC2(C)C)cc1. The van der Waals surface area contributed by atoms with Crippen LogP contribution in [0.15, 0.2) is 55.1 Å². The van der Waals surface area contributed by atoms with Crippen LogP contribution in [0.5, 0.6) is 5.75 Å². The summed E-state index contributed by atoms with van der Waals surface area (Å²) in [5, 5.41) is 16.2. The van der Waals surface area contributed by atoms with Gasteiger partial charge in [0.15, 0.2) is 0 Å². The van der Waals surface area contributed by atoms with Gasteiger partial charge in [0.2, 0.25) is 11.4 Å². The summed E-state index contributed by atoms with van der Waals surface area (Å²) in [6, 6.07) is 13.5. The number of nitrogens with one attached hydrogen (secondary N) is 1. The second kappa shape index (κ2) is 12.9. The van der Waals surface area contributed by atoms with E-state index in [1.165, 1.54) is 25.7 Å². The van der Waals surface area contributed by atoms with Crippen molar-refractivity contribution in [2.45, 2.75) is 85.5 Å². The first kappa shape index (κ1) is 29.6. The molecule has 5 nitrogen and oxygen atoms in total. The predicted molar refractivity (Wildman–Crippen MR) is 166 cm³/mol. The fraction of sp³-hybridized carbons (Fsp3) is 0.486. The second-order valence-corrected chi connectivity index (χ2v) is 12.7. The fourth-order valence-corrected chi connectivity index (χ4v) is 6.36. The minimum absolute atomic E-state index is 0.00893. The topological polar surface area (TPSA) is 64.4 Å². The molecule has 0 saturated carbocycles. The minimum atomic E-state index is -0.163. The monoisotopic (exact) mass is 542 g/mol. The van der Waals surface area contributed by atoms with Crippen LogP contribution in [0.25, 0.3) is 11.6 Å². The molecule has 1 aliphatic carbocycles. The average Bonchev–Trinajstić information content (AvgIpc) is 3.19. The number of amides is 1. The fourth-order valence-electron chi connectivity index (χ4n) is 6.36. The van der Waals surface area contributed by atoms with Gasteiger partial charge >= 0.3 is 0 Å². The van der Waals surface area contributed by atoms with Crippen LogP contribution in [0.2, 0.25) is 0 Å². The van der Waals surface area contributed by atoms with Gasteiger partial charge in [-0.1, -0.05) is 83.2 Å². The highest BCUT2D eigenvalue weighted by Gasteiger charge is 2.48. The lowest BCUT2D eigenvalue weighted by atomic mass is 9.65. The Labute approximate surface area is 240 Å². The molecule has 0 spiro atoms. The zero-order valence-corrected chi connectivity index (χ0v) is 24.9. The molecule has 0 fully saturated rings. The Bertz CT molecular complexity index is 1270. The summed E-state index contributed by atoms with van der Waals surface area (Å²) in [5.41, 5.74) is 5.34. The Kier molecular flexibility index (Phi) is 9.55. The highest BCUT2D eigenvalue weighted by Crippen LogP contribution is 2.51. The molecule has 1 N–H and O–H groups in total. The standard InChI is InChI=1S/C35H46N2O3/c1-6-26-15-17-27(18-16-26)33(38)36-21-13-11-9-7-8-10-12-14-22-40-28-19-20-29-30-24-34(2,3)25-35(4,5)32(30)37(39)31(29)23-28/h6,15-20,23-24H,1,7-14,21-22,25H2,2-5H3,(H,36,38). The van der Waals surface area contributed by atoms with Gasteiger partial charge in [-0.3, -0.25) is 4.79 Å². The Balaban J connectivity index is 1.08. The molecular weight excluding hydrogens is 496 g/mol. The summed E-state index contributed by atoms with van der Waals surface area (Å²) in [7, 11) is 0. The molecule has 0 bridgehead atoms. The summed E-state index contributed by atoms with van der Waals surface area (Å²) >= 11 is 0. The van der Waals surface area contributed by atoms with Crippen LogP contribution in [0.4, 0.5) is 5.69 Å². The van der Waals surface area contributed by atoms with Crippen LogP contribution in [0, 0.1) is 16.0 Å². The van der Waals surface area contributed by atoms with Gasteiger partial charge in [-0.2, -0.15) is 4.74 Å². The van der Waals surface area contributed by atoms with Crippen LogP contribution in [-0.2, 0) is 0 Å². The summed E-state index contributed by atoms with van der Waals surface area (Å²) in [6.07, 6.45) is 14.2. The highest BCUT2D eigenvalue weighted by atomic mass is 16.5.